The monoisotopic (exact) mass is 145 g/mol. The van der Waals surface area contributed by atoms with Crippen molar-refractivity contribution in [3.63, 3.8) is 0 Å². The maximum atomic E-state index is 9.96. The van der Waals surface area contributed by atoms with Crippen LogP contribution in [0, 0.1) is 0 Å². The van der Waals surface area contributed by atoms with Crippen molar-refractivity contribution < 1.29 is 14.6 Å². The van der Waals surface area contributed by atoms with Gasteiger partial charge < -0.3 is 15.2 Å². The zero-order valence-corrected chi connectivity index (χ0v) is 5.62. The summed E-state index contributed by atoms with van der Waals surface area (Å²) in [7, 11) is 0. The van der Waals surface area contributed by atoms with Gasteiger partial charge in [0.1, 0.15) is 0 Å². The molecule has 10 heavy (non-hydrogen) atoms. The van der Waals surface area contributed by atoms with Crippen LogP contribution >= 0.6 is 0 Å². The molecule has 1 saturated heterocycles. The van der Waals surface area contributed by atoms with E-state index in [4.69, 9.17) is 9.84 Å². The van der Waals surface area contributed by atoms with Crippen LogP contribution < -0.4 is 5.32 Å². The zero-order valence-electron chi connectivity index (χ0n) is 5.62. The Balaban J connectivity index is 2.32. The fourth-order valence-electron chi connectivity index (χ4n) is 1.00. The van der Waals surface area contributed by atoms with Gasteiger partial charge in [0.05, 0.1) is 18.8 Å². The smallest absolute Gasteiger partial charge is 0.207 e. The highest BCUT2D eigenvalue weighted by Gasteiger charge is 2.22. The second-order valence-electron chi connectivity index (χ2n) is 2.32. The number of hydrogen-bond donors (Lipinski definition) is 2. The molecule has 1 amide bonds. The summed E-state index contributed by atoms with van der Waals surface area (Å²) in [5.74, 6) is 0. The predicted molar refractivity (Wildman–Crippen MR) is 34.4 cm³/mol. The lowest BCUT2D eigenvalue weighted by atomic mass is 10.1. The number of aliphatic hydroxyl groups excluding tert-OH is 1. The summed E-state index contributed by atoms with van der Waals surface area (Å²) in [6, 6.07) is -0.119. The van der Waals surface area contributed by atoms with E-state index < -0.39 is 6.10 Å². The minimum absolute atomic E-state index is 0.119. The van der Waals surface area contributed by atoms with Gasteiger partial charge >= 0.3 is 0 Å². The second kappa shape index (κ2) is 3.53. The molecule has 0 saturated carbocycles. The molecular weight excluding hydrogens is 134 g/mol. The average Bonchev–Trinajstić information content (AvgIpc) is 1.94. The molecule has 4 heteroatoms. The van der Waals surface area contributed by atoms with E-state index in [2.05, 4.69) is 5.32 Å². The summed E-state index contributed by atoms with van der Waals surface area (Å²) < 4.78 is 4.95. The SMILES string of the molecule is O=CNC1CCOCC1O. The van der Waals surface area contributed by atoms with Crippen molar-refractivity contribution in [3.05, 3.63) is 0 Å². The van der Waals surface area contributed by atoms with Crippen molar-refractivity contribution in [1.82, 2.24) is 5.32 Å². The Kier molecular flexibility index (Phi) is 2.65. The van der Waals surface area contributed by atoms with Crippen LogP contribution in [0.15, 0.2) is 0 Å². The molecule has 0 aromatic rings. The number of carbonyl (C=O) groups is 1. The van der Waals surface area contributed by atoms with Crippen LogP contribution in [-0.4, -0.2) is 36.9 Å². The molecule has 2 N–H and O–H groups in total. The molecule has 0 spiro atoms. The quantitative estimate of drug-likeness (QED) is 0.484. The number of carbonyl (C=O) groups excluding carboxylic acids is 1. The third-order valence-electron chi connectivity index (χ3n) is 1.61. The predicted octanol–water partition coefficient (Wildman–Crippen LogP) is -1.12. The first-order valence-electron chi connectivity index (χ1n) is 3.30. The first-order chi connectivity index (χ1) is 4.84. The van der Waals surface area contributed by atoms with Crippen LogP contribution in [0.1, 0.15) is 6.42 Å². The van der Waals surface area contributed by atoms with Crippen LogP contribution in [0.25, 0.3) is 0 Å². The molecule has 1 heterocycles. The van der Waals surface area contributed by atoms with Crippen molar-refractivity contribution in [2.24, 2.45) is 0 Å². The minimum atomic E-state index is -0.543. The Bertz CT molecular complexity index is 118. The lowest BCUT2D eigenvalue weighted by Gasteiger charge is -2.26. The summed E-state index contributed by atoms with van der Waals surface area (Å²) in [6.45, 7) is 0.939. The van der Waals surface area contributed by atoms with E-state index in [9.17, 15) is 4.79 Å². The lowest BCUT2D eigenvalue weighted by molar-refractivity contribution is -0.112. The molecule has 2 unspecified atom stereocenters. The summed E-state index contributed by atoms with van der Waals surface area (Å²) >= 11 is 0. The fraction of sp³-hybridized carbons (Fsp3) is 0.833. The molecular formula is C6H11NO3. The fourth-order valence-corrected chi connectivity index (χ4v) is 1.00. The first-order valence-corrected chi connectivity index (χ1v) is 3.30. The van der Waals surface area contributed by atoms with Gasteiger partial charge in [0, 0.05) is 6.61 Å². The largest absolute Gasteiger partial charge is 0.389 e. The molecule has 0 bridgehead atoms. The Morgan fingerprint density at radius 2 is 2.50 bits per heavy atom. The summed E-state index contributed by atoms with van der Waals surface area (Å²) in [5, 5.41) is 11.7. The molecule has 0 aromatic carbocycles. The van der Waals surface area contributed by atoms with Gasteiger partial charge in [0.25, 0.3) is 0 Å². The molecule has 4 nitrogen and oxygen atoms in total. The Labute approximate surface area is 59.2 Å². The van der Waals surface area contributed by atoms with Gasteiger partial charge in [-0.15, -0.1) is 0 Å². The standard InChI is InChI=1S/C6H11NO3/c8-4-7-5-1-2-10-3-6(5)9/h4-6,9H,1-3H2,(H,7,8). The molecule has 2 atom stereocenters. The number of amides is 1. The highest BCUT2D eigenvalue weighted by atomic mass is 16.5. The van der Waals surface area contributed by atoms with E-state index in [1.807, 2.05) is 0 Å². The van der Waals surface area contributed by atoms with Gasteiger partial charge in [-0.3, -0.25) is 4.79 Å². The van der Waals surface area contributed by atoms with E-state index in [1.165, 1.54) is 0 Å². The number of aliphatic hydroxyl groups is 1. The van der Waals surface area contributed by atoms with Crippen molar-refractivity contribution in [1.29, 1.82) is 0 Å². The topological polar surface area (TPSA) is 58.6 Å². The second-order valence-corrected chi connectivity index (χ2v) is 2.32. The summed E-state index contributed by atoms with van der Waals surface area (Å²) in [5.41, 5.74) is 0. The van der Waals surface area contributed by atoms with Gasteiger partial charge in [-0.05, 0) is 6.42 Å². The van der Waals surface area contributed by atoms with Crippen LogP contribution in [0.4, 0.5) is 0 Å². The third-order valence-corrected chi connectivity index (χ3v) is 1.61. The van der Waals surface area contributed by atoms with Gasteiger partial charge in [0.15, 0.2) is 0 Å². The Hall–Kier alpha value is -0.610. The zero-order chi connectivity index (χ0) is 7.40. The van der Waals surface area contributed by atoms with E-state index in [1.54, 1.807) is 0 Å². The Morgan fingerprint density at radius 1 is 1.70 bits per heavy atom. The van der Waals surface area contributed by atoms with E-state index in [-0.39, 0.29) is 6.04 Å². The summed E-state index contributed by atoms with van der Waals surface area (Å²) in [6.07, 6.45) is 0.762. The molecule has 1 aliphatic heterocycles. The van der Waals surface area contributed by atoms with Crippen LogP contribution in [0.3, 0.4) is 0 Å². The maximum Gasteiger partial charge on any atom is 0.207 e. The minimum Gasteiger partial charge on any atom is -0.389 e. The highest BCUT2D eigenvalue weighted by molar-refractivity contribution is 5.46. The van der Waals surface area contributed by atoms with Gasteiger partial charge in [-0.25, -0.2) is 0 Å². The van der Waals surface area contributed by atoms with Crippen molar-refractivity contribution in [2.45, 2.75) is 18.6 Å². The normalized spacial score (nSPS) is 33.3. The summed E-state index contributed by atoms with van der Waals surface area (Å²) in [4.78, 5) is 9.96. The molecule has 1 fully saturated rings. The van der Waals surface area contributed by atoms with Gasteiger partial charge in [0.2, 0.25) is 6.41 Å². The molecule has 1 rings (SSSR count). The molecule has 0 aromatic heterocycles. The van der Waals surface area contributed by atoms with Crippen molar-refractivity contribution >= 4 is 6.41 Å². The maximum absolute atomic E-state index is 9.96. The van der Waals surface area contributed by atoms with Crippen molar-refractivity contribution in [3.8, 4) is 0 Å². The van der Waals surface area contributed by atoms with E-state index in [0.29, 0.717) is 26.0 Å². The third kappa shape index (κ3) is 1.68. The molecule has 1 aliphatic rings. The molecule has 0 radical (unpaired) electrons. The van der Waals surface area contributed by atoms with Gasteiger partial charge in [-0.1, -0.05) is 0 Å². The van der Waals surface area contributed by atoms with E-state index in [0.717, 1.165) is 0 Å². The average molecular weight is 145 g/mol. The lowest BCUT2D eigenvalue weighted by Crippen LogP contribution is -2.45. The first kappa shape index (κ1) is 7.50. The molecule has 0 aliphatic carbocycles. The highest BCUT2D eigenvalue weighted by Crippen LogP contribution is 2.05. The van der Waals surface area contributed by atoms with Crippen LogP contribution in [0.5, 0.6) is 0 Å². The molecule has 58 valence electrons. The van der Waals surface area contributed by atoms with E-state index >= 15 is 0 Å². The number of ether oxygens (including phenoxy) is 1. The van der Waals surface area contributed by atoms with Crippen LogP contribution in [-0.2, 0) is 9.53 Å². The Morgan fingerprint density at radius 3 is 3.10 bits per heavy atom. The van der Waals surface area contributed by atoms with Gasteiger partial charge in [-0.2, -0.15) is 0 Å². The van der Waals surface area contributed by atoms with Crippen molar-refractivity contribution in [2.75, 3.05) is 13.2 Å². The number of nitrogens with one attached hydrogen (secondary N) is 1. The number of rotatable bonds is 2. The number of hydrogen-bond acceptors (Lipinski definition) is 3. The van der Waals surface area contributed by atoms with Crippen LogP contribution in [0.2, 0.25) is 0 Å².